The van der Waals surface area contributed by atoms with E-state index in [2.05, 4.69) is 21.3 Å². The second-order valence-corrected chi connectivity index (χ2v) is 26.0. The highest BCUT2D eigenvalue weighted by Crippen LogP contribution is 2.26. The molecule has 1 fully saturated rings. The average Bonchev–Trinajstić information content (AvgIpc) is 1.68. The van der Waals surface area contributed by atoms with Crippen LogP contribution in [0.1, 0.15) is 163 Å². The van der Waals surface area contributed by atoms with Crippen molar-refractivity contribution in [3.8, 4) is 0 Å². The third-order valence-electron chi connectivity index (χ3n) is 16.7. The number of carbonyl (C=O) groups is 11. The summed E-state index contributed by atoms with van der Waals surface area (Å²) in [7, 11) is 8.53. The monoisotopic (exact) mass is 1220 g/mol. The lowest BCUT2D eigenvalue weighted by Crippen LogP contribution is -2.63. The molecule has 0 spiro atoms. The number of likely N-dealkylation sites (N-methyl/N-ethyl adjacent to an activating group) is 7. The summed E-state index contributed by atoms with van der Waals surface area (Å²) >= 11 is 0. The highest BCUT2D eigenvalue weighted by molar-refractivity contribution is 5.99. The molecule has 1 rings (SSSR count). The van der Waals surface area contributed by atoms with Crippen molar-refractivity contribution in [2.45, 2.75) is 230 Å². The molecule has 0 aromatic carbocycles. The SMILES string of the molecule is C/C=C/C[C@@H](C)[C@@H](O)[C@H]1C(=O)N[C@@H](CC)C(=O)N(C)CC(=O)N(CC)[C@@H]([C@@H](C)CC)C(=O)N[C@@H](C(C)C)C(=O)N(C)[C@@H](CC(C)C)C(=O)N[C@@H](C)C(=O)N[C@H](C)C(=O)N(C)[C@@H](CC(C)C)C(=O)N(C)[C@@H](CC(C)C)C(=O)N(C)[C@@H](C(C)C)C(=O)N1C. The van der Waals surface area contributed by atoms with Crippen molar-refractivity contribution in [3.63, 3.8) is 0 Å². The smallest absolute Gasteiger partial charge is 0.246 e. The van der Waals surface area contributed by atoms with Crippen LogP contribution in [-0.4, -0.2) is 226 Å². The lowest BCUT2D eigenvalue weighted by atomic mass is 9.91. The average molecular weight is 1220 g/mol. The Hall–Kier alpha value is -6.13. The molecular formula is C63H113N11O12. The second-order valence-electron chi connectivity index (χ2n) is 26.0. The van der Waals surface area contributed by atoms with E-state index in [-0.39, 0.29) is 50.0 Å². The van der Waals surface area contributed by atoms with Crippen molar-refractivity contribution in [2.24, 2.45) is 41.4 Å². The van der Waals surface area contributed by atoms with E-state index in [1.54, 1.807) is 68.4 Å². The summed E-state index contributed by atoms with van der Waals surface area (Å²) in [5.74, 6) is -9.96. The van der Waals surface area contributed by atoms with E-state index < -0.39 is 162 Å². The minimum atomic E-state index is -1.61. The fraction of sp³-hybridized carbons (Fsp3) is 0.794. The van der Waals surface area contributed by atoms with Crippen LogP contribution in [0.4, 0.5) is 0 Å². The fourth-order valence-corrected chi connectivity index (χ4v) is 11.0. The van der Waals surface area contributed by atoms with E-state index in [1.165, 1.54) is 80.6 Å². The van der Waals surface area contributed by atoms with Gasteiger partial charge in [-0.2, -0.15) is 0 Å². The number of nitrogens with one attached hydrogen (secondary N) is 4. The summed E-state index contributed by atoms with van der Waals surface area (Å²) in [5.41, 5.74) is 0. The minimum absolute atomic E-state index is 0.0240. The molecule has 1 aliphatic rings. The van der Waals surface area contributed by atoms with Gasteiger partial charge in [-0.1, -0.05) is 116 Å². The maximum atomic E-state index is 15.2. The molecule has 0 radical (unpaired) electrons. The van der Waals surface area contributed by atoms with Crippen molar-refractivity contribution < 1.29 is 57.8 Å². The van der Waals surface area contributed by atoms with Crippen molar-refractivity contribution in [1.82, 2.24) is 55.6 Å². The largest absolute Gasteiger partial charge is 0.390 e. The number of aliphatic hydroxyl groups excluding tert-OH is 1. The summed E-state index contributed by atoms with van der Waals surface area (Å²) in [6, 6.07) is -12.3. The molecule has 11 amide bonds. The van der Waals surface area contributed by atoms with Crippen LogP contribution in [0.25, 0.3) is 0 Å². The third-order valence-corrected chi connectivity index (χ3v) is 16.7. The van der Waals surface area contributed by atoms with E-state index in [0.29, 0.717) is 12.8 Å². The van der Waals surface area contributed by atoms with Gasteiger partial charge in [-0.3, -0.25) is 52.7 Å². The number of hydrogen-bond acceptors (Lipinski definition) is 12. The molecule has 1 saturated heterocycles. The van der Waals surface area contributed by atoms with Gasteiger partial charge in [0.05, 0.1) is 12.6 Å². The lowest BCUT2D eigenvalue weighted by Gasteiger charge is -2.41. The topological polar surface area (TPSA) is 279 Å². The lowest BCUT2D eigenvalue weighted by molar-refractivity contribution is -0.157. The van der Waals surface area contributed by atoms with Gasteiger partial charge >= 0.3 is 0 Å². The first kappa shape index (κ1) is 77.9. The second kappa shape index (κ2) is 35.6. The molecule has 23 nitrogen and oxygen atoms in total. The van der Waals surface area contributed by atoms with Crippen LogP contribution in [0, 0.1) is 41.4 Å². The first-order chi connectivity index (χ1) is 39.8. The molecule has 86 heavy (non-hydrogen) atoms. The van der Waals surface area contributed by atoms with Crippen LogP contribution in [0.2, 0.25) is 0 Å². The predicted octanol–water partition coefficient (Wildman–Crippen LogP) is 3.66. The molecular weight excluding hydrogens is 1100 g/mol. The number of hydrogen-bond donors (Lipinski definition) is 5. The molecule has 1 heterocycles. The predicted molar refractivity (Wildman–Crippen MR) is 333 cm³/mol. The van der Waals surface area contributed by atoms with Crippen LogP contribution in [0.5, 0.6) is 0 Å². The first-order valence-electron chi connectivity index (χ1n) is 31.2. The zero-order valence-electron chi connectivity index (χ0n) is 56.8. The summed E-state index contributed by atoms with van der Waals surface area (Å²) in [6.07, 6.45) is 3.33. The number of aliphatic hydroxyl groups is 1. The molecule has 5 N–H and O–H groups in total. The van der Waals surface area contributed by atoms with Crippen molar-refractivity contribution in [2.75, 3.05) is 55.4 Å². The van der Waals surface area contributed by atoms with Crippen molar-refractivity contribution >= 4 is 65.0 Å². The Bertz CT molecular complexity index is 2350. The zero-order chi connectivity index (χ0) is 66.7. The number of carbonyl (C=O) groups excluding carboxylic acids is 11. The third kappa shape index (κ3) is 21.0. The molecule has 0 saturated carbocycles. The molecule has 0 unspecified atom stereocenters. The van der Waals surface area contributed by atoms with Gasteiger partial charge in [0.25, 0.3) is 0 Å². The van der Waals surface area contributed by atoms with E-state index in [4.69, 9.17) is 0 Å². The maximum absolute atomic E-state index is 15.2. The van der Waals surface area contributed by atoms with Crippen LogP contribution in [0.15, 0.2) is 12.2 Å². The van der Waals surface area contributed by atoms with Gasteiger partial charge in [-0.15, -0.1) is 0 Å². The minimum Gasteiger partial charge on any atom is -0.390 e. The van der Waals surface area contributed by atoms with Gasteiger partial charge in [0.1, 0.15) is 60.4 Å². The highest BCUT2D eigenvalue weighted by atomic mass is 16.3. The van der Waals surface area contributed by atoms with Gasteiger partial charge in [0, 0.05) is 48.8 Å². The normalized spacial score (nSPS) is 27.0. The Labute approximate surface area is 515 Å². The maximum Gasteiger partial charge on any atom is 0.246 e. The molecule has 0 aromatic heterocycles. The van der Waals surface area contributed by atoms with Gasteiger partial charge in [-0.05, 0) is 101 Å². The number of amides is 11. The Morgan fingerprint density at radius 2 is 0.953 bits per heavy atom. The standard InChI is InChI=1S/C63H113N11O12/c1-25-29-30-41(16)53(76)52-57(80)66-44(27-3)59(82)68(19)34-48(75)74(28-4)51(40(15)26-2)56(79)67-49(38(11)12)62(85)69(20)45(31-35(5)6)55(78)64-42(17)54(77)65-43(18)58(81)70(21)46(32-36(7)8)60(83)71(22)47(33-37(9)10)61(84)72(23)50(39(13)14)63(86)73(52)24/h25,29,35-47,49-53,76H,26-28,30-34H2,1-24H3,(H,64,78)(H,65,77)(H,66,80)(H,67,79)/b29-25+/t40-,41+,42-,43+,44-,45-,46-,47-,49-,50-,51-,52-,53+/m0/s1. The summed E-state index contributed by atoms with van der Waals surface area (Å²) in [6.45, 7) is 31.0. The molecule has 492 valence electrons. The molecule has 0 aromatic rings. The van der Waals surface area contributed by atoms with Gasteiger partial charge < -0.3 is 60.7 Å². The number of rotatable bonds is 16. The summed E-state index contributed by atoms with van der Waals surface area (Å²) in [4.78, 5) is 170. The quantitative estimate of drug-likeness (QED) is 0.139. The Morgan fingerprint density at radius 3 is 1.41 bits per heavy atom. The van der Waals surface area contributed by atoms with Crippen LogP contribution < -0.4 is 21.3 Å². The van der Waals surface area contributed by atoms with Crippen molar-refractivity contribution in [3.05, 3.63) is 12.2 Å². The van der Waals surface area contributed by atoms with Crippen LogP contribution in [-0.2, 0) is 52.7 Å². The van der Waals surface area contributed by atoms with E-state index in [1.807, 2.05) is 54.5 Å². The molecule has 0 aliphatic carbocycles. The number of allylic oxidation sites excluding steroid dienone is 2. The number of nitrogens with zero attached hydrogens (tertiary/aromatic N) is 7. The Morgan fingerprint density at radius 1 is 0.500 bits per heavy atom. The summed E-state index contributed by atoms with van der Waals surface area (Å²) < 4.78 is 0. The zero-order valence-corrected chi connectivity index (χ0v) is 56.8. The molecule has 0 bridgehead atoms. The molecule has 23 heteroatoms. The Kier molecular flexibility index (Phi) is 32.3. The van der Waals surface area contributed by atoms with Gasteiger partial charge in [0.2, 0.25) is 65.0 Å². The summed E-state index contributed by atoms with van der Waals surface area (Å²) in [5, 5.41) is 23.2. The Balaban J connectivity index is 4.37. The van der Waals surface area contributed by atoms with Gasteiger partial charge in [-0.25, -0.2) is 0 Å². The van der Waals surface area contributed by atoms with E-state index in [9.17, 15) is 48.3 Å². The van der Waals surface area contributed by atoms with E-state index in [0.717, 1.165) is 9.80 Å². The van der Waals surface area contributed by atoms with Gasteiger partial charge in [0.15, 0.2) is 0 Å². The first-order valence-corrected chi connectivity index (χ1v) is 31.2. The molecule has 13 atom stereocenters. The van der Waals surface area contributed by atoms with Crippen LogP contribution in [0.3, 0.4) is 0 Å². The van der Waals surface area contributed by atoms with Crippen LogP contribution >= 0.6 is 0 Å². The molecule has 1 aliphatic heterocycles. The fourth-order valence-electron chi connectivity index (χ4n) is 11.0. The van der Waals surface area contributed by atoms with Crippen molar-refractivity contribution in [1.29, 1.82) is 0 Å². The highest BCUT2D eigenvalue weighted by Gasteiger charge is 2.46. The van der Waals surface area contributed by atoms with E-state index >= 15 is 9.59 Å².